The van der Waals surface area contributed by atoms with Crippen LogP contribution >= 0.6 is 0 Å². The van der Waals surface area contributed by atoms with Gasteiger partial charge < -0.3 is 5.73 Å². The minimum absolute atomic E-state index is 0.0451. The van der Waals surface area contributed by atoms with E-state index in [0.717, 1.165) is 17.1 Å². The van der Waals surface area contributed by atoms with Gasteiger partial charge in [0.1, 0.15) is 6.54 Å². The van der Waals surface area contributed by atoms with Gasteiger partial charge in [-0.1, -0.05) is 24.3 Å². The normalized spacial score (nSPS) is 14.3. The zero-order chi connectivity index (χ0) is 18.9. The number of nitrogens with two attached hydrogens (primary N) is 1. The van der Waals surface area contributed by atoms with Crippen molar-refractivity contribution >= 4 is 17.5 Å². The Morgan fingerprint density at radius 3 is 2.50 bits per heavy atom. The molecule has 3 rings (SSSR count). The molecular formula is C17H15F3N4O2. The fraction of sp³-hybridized carbons (Fsp3) is 0.176. The predicted octanol–water partition coefficient (Wildman–Crippen LogP) is 2.07. The van der Waals surface area contributed by atoms with Crippen molar-refractivity contribution in [1.82, 2.24) is 10.5 Å². The Morgan fingerprint density at radius 2 is 1.81 bits per heavy atom. The highest BCUT2D eigenvalue weighted by Crippen LogP contribution is 2.31. The number of fused-ring (bicyclic) bond motifs is 1. The van der Waals surface area contributed by atoms with E-state index in [2.05, 4.69) is 5.53 Å². The van der Waals surface area contributed by atoms with Crippen LogP contribution in [0, 0.1) is 0 Å². The number of rotatable bonds is 4. The second kappa shape index (κ2) is 6.68. The first-order valence-electron chi connectivity index (χ1n) is 7.65. The average Bonchev–Trinajstić information content (AvgIpc) is 2.58. The number of hydrazine groups is 2. The number of hydrogen-bond acceptors (Lipinski definition) is 4. The molecule has 0 fully saturated rings. The molecular weight excluding hydrogens is 349 g/mol. The van der Waals surface area contributed by atoms with Gasteiger partial charge in [0.15, 0.2) is 0 Å². The summed E-state index contributed by atoms with van der Waals surface area (Å²) in [6, 6.07) is 11.5. The summed E-state index contributed by atoms with van der Waals surface area (Å²) in [7, 11) is 0. The van der Waals surface area contributed by atoms with Crippen molar-refractivity contribution in [3.63, 3.8) is 0 Å². The first-order valence-corrected chi connectivity index (χ1v) is 7.65. The van der Waals surface area contributed by atoms with Gasteiger partial charge in [0.2, 0.25) is 5.91 Å². The fourth-order valence-corrected chi connectivity index (χ4v) is 2.69. The summed E-state index contributed by atoms with van der Waals surface area (Å²) in [6.07, 6.45) is -4.45. The molecule has 136 valence electrons. The molecule has 1 aliphatic heterocycles. The van der Waals surface area contributed by atoms with Crippen LogP contribution in [0.15, 0.2) is 48.5 Å². The molecule has 0 saturated heterocycles. The number of carbonyl (C=O) groups excluding carboxylic acids is 2. The number of alkyl halides is 3. The van der Waals surface area contributed by atoms with E-state index in [1.165, 1.54) is 11.1 Å². The molecule has 0 spiro atoms. The molecule has 1 heterocycles. The summed E-state index contributed by atoms with van der Waals surface area (Å²) in [5, 5.41) is 2.52. The molecule has 0 bridgehead atoms. The van der Waals surface area contributed by atoms with Crippen molar-refractivity contribution < 1.29 is 22.8 Å². The third kappa shape index (κ3) is 3.62. The number of nitrogens with zero attached hydrogens (tertiary/aromatic N) is 2. The molecule has 0 unspecified atom stereocenters. The Labute approximate surface area is 146 Å². The summed E-state index contributed by atoms with van der Waals surface area (Å²) >= 11 is 0. The molecule has 26 heavy (non-hydrogen) atoms. The molecule has 3 N–H and O–H groups in total. The zero-order valence-corrected chi connectivity index (χ0v) is 13.5. The van der Waals surface area contributed by atoms with Crippen LogP contribution in [-0.4, -0.2) is 23.4 Å². The van der Waals surface area contributed by atoms with Crippen LogP contribution in [0.2, 0.25) is 0 Å². The number of nitrogens with one attached hydrogen (secondary N) is 1. The number of carbonyl (C=O) groups is 2. The molecule has 0 aromatic heterocycles. The van der Waals surface area contributed by atoms with E-state index < -0.39 is 23.6 Å². The molecule has 6 nitrogen and oxygen atoms in total. The second-order valence-electron chi connectivity index (χ2n) is 5.76. The number of anilines is 1. The quantitative estimate of drug-likeness (QED) is 0.871. The van der Waals surface area contributed by atoms with Gasteiger partial charge in [-0.2, -0.15) is 13.2 Å². The maximum atomic E-state index is 12.9. The van der Waals surface area contributed by atoms with E-state index in [-0.39, 0.29) is 13.1 Å². The summed E-state index contributed by atoms with van der Waals surface area (Å²) < 4.78 is 38.7. The number of para-hydroxylation sites is 1. The Bertz CT molecular complexity index is 854. The van der Waals surface area contributed by atoms with Gasteiger partial charge in [-0.25, -0.2) is 5.01 Å². The van der Waals surface area contributed by atoms with Gasteiger partial charge in [-0.3, -0.25) is 14.6 Å². The van der Waals surface area contributed by atoms with Gasteiger partial charge in [0.25, 0.3) is 5.91 Å². The van der Waals surface area contributed by atoms with E-state index in [1.807, 2.05) is 0 Å². The van der Waals surface area contributed by atoms with Gasteiger partial charge in [-0.15, -0.1) is 5.53 Å². The van der Waals surface area contributed by atoms with Crippen molar-refractivity contribution in [2.75, 3.05) is 11.6 Å². The lowest BCUT2D eigenvalue weighted by molar-refractivity contribution is -0.137. The maximum absolute atomic E-state index is 12.9. The number of amides is 2. The number of halogens is 3. The van der Waals surface area contributed by atoms with Crippen LogP contribution in [0.25, 0.3) is 0 Å². The monoisotopic (exact) mass is 364 g/mol. The van der Waals surface area contributed by atoms with E-state index >= 15 is 0 Å². The molecule has 0 radical (unpaired) electrons. The van der Waals surface area contributed by atoms with Crippen molar-refractivity contribution in [2.45, 2.75) is 12.7 Å². The maximum Gasteiger partial charge on any atom is 0.416 e. The third-order valence-electron chi connectivity index (χ3n) is 3.82. The summed E-state index contributed by atoms with van der Waals surface area (Å²) in [6.45, 7) is -0.324. The Balaban J connectivity index is 1.93. The highest BCUT2D eigenvalue weighted by molar-refractivity contribution is 6.02. The lowest BCUT2D eigenvalue weighted by Crippen LogP contribution is -2.58. The smallest absolute Gasteiger partial charge is 0.368 e. The van der Waals surface area contributed by atoms with Gasteiger partial charge in [-0.05, 0) is 29.8 Å². The molecule has 2 aromatic rings. The molecule has 2 aromatic carbocycles. The van der Waals surface area contributed by atoms with E-state index in [0.29, 0.717) is 16.8 Å². The molecule has 0 aliphatic carbocycles. The van der Waals surface area contributed by atoms with Gasteiger partial charge in [0.05, 0.1) is 23.4 Å². The van der Waals surface area contributed by atoms with Gasteiger partial charge >= 0.3 is 6.18 Å². The highest BCUT2D eigenvalue weighted by Gasteiger charge is 2.32. The van der Waals surface area contributed by atoms with Crippen LogP contribution in [0.1, 0.15) is 21.5 Å². The second-order valence-corrected chi connectivity index (χ2v) is 5.76. The van der Waals surface area contributed by atoms with Gasteiger partial charge in [0, 0.05) is 0 Å². The van der Waals surface area contributed by atoms with Crippen LogP contribution in [0.5, 0.6) is 0 Å². The SMILES string of the molecule is NC(=O)CN1NN(Cc2cccc(C(F)(F)F)c2)c2ccccc2C1=O. The molecule has 0 saturated carbocycles. The lowest BCUT2D eigenvalue weighted by Gasteiger charge is -2.38. The Morgan fingerprint density at radius 1 is 1.08 bits per heavy atom. The minimum atomic E-state index is -4.45. The summed E-state index contributed by atoms with van der Waals surface area (Å²) in [5.74, 6) is -1.16. The van der Waals surface area contributed by atoms with Crippen molar-refractivity contribution in [3.8, 4) is 0 Å². The van der Waals surface area contributed by atoms with Crippen LogP contribution in [0.4, 0.5) is 18.9 Å². The number of benzene rings is 2. The molecule has 2 amide bonds. The number of primary amides is 1. The first-order chi connectivity index (χ1) is 12.3. The van der Waals surface area contributed by atoms with E-state index in [4.69, 9.17) is 5.73 Å². The zero-order valence-electron chi connectivity index (χ0n) is 13.5. The lowest BCUT2D eigenvalue weighted by atomic mass is 10.1. The van der Waals surface area contributed by atoms with Crippen LogP contribution < -0.4 is 16.3 Å². The van der Waals surface area contributed by atoms with E-state index in [1.54, 1.807) is 30.3 Å². The minimum Gasteiger partial charge on any atom is -0.368 e. The van der Waals surface area contributed by atoms with Crippen molar-refractivity contribution in [1.29, 1.82) is 0 Å². The largest absolute Gasteiger partial charge is 0.416 e. The Kier molecular flexibility index (Phi) is 4.56. The molecule has 9 heteroatoms. The standard InChI is InChI=1S/C17H15F3N4O2/c18-17(19,20)12-5-3-4-11(8-12)9-23-14-7-2-1-6-13(14)16(26)24(22-23)10-15(21)25/h1-8,22H,9-10H2,(H2,21,25). The fourth-order valence-electron chi connectivity index (χ4n) is 2.69. The Hall–Kier alpha value is -3.07. The summed E-state index contributed by atoms with van der Waals surface area (Å²) in [5.41, 5.74) is 8.33. The van der Waals surface area contributed by atoms with Crippen molar-refractivity contribution in [2.24, 2.45) is 5.73 Å². The predicted molar refractivity (Wildman–Crippen MR) is 87.4 cm³/mol. The number of hydrogen-bond donors (Lipinski definition) is 2. The molecule has 1 aliphatic rings. The highest BCUT2D eigenvalue weighted by atomic mass is 19.4. The summed E-state index contributed by atoms with van der Waals surface area (Å²) in [4.78, 5) is 23.6. The third-order valence-corrected chi connectivity index (χ3v) is 3.82. The average molecular weight is 364 g/mol. The molecule has 0 atom stereocenters. The van der Waals surface area contributed by atoms with Crippen molar-refractivity contribution in [3.05, 3.63) is 65.2 Å². The van der Waals surface area contributed by atoms with Crippen LogP contribution in [-0.2, 0) is 17.5 Å². The van der Waals surface area contributed by atoms with E-state index in [9.17, 15) is 22.8 Å². The topological polar surface area (TPSA) is 78.7 Å². The first kappa shape index (κ1) is 17.7. The van der Waals surface area contributed by atoms with Crippen LogP contribution in [0.3, 0.4) is 0 Å².